The normalized spacial score (nSPS) is 13.2. The van der Waals surface area contributed by atoms with Crippen LogP contribution in [-0.4, -0.2) is 47.1 Å². The Balaban J connectivity index is 2.52. The van der Waals surface area contributed by atoms with Crippen LogP contribution in [-0.2, 0) is 14.6 Å². The van der Waals surface area contributed by atoms with E-state index in [-0.39, 0.29) is 16.8 Å². The lowest BCUT2D eigenvalue weighted by Crippen LogP contribution is -2.44. The average molecular weight is 339 g/mol. The molecule has 2 rings (SSSR count). The first kappa shape index (κ1) is 16.9. The molecule has 0 fully saturated rings. The van der Waals surface area contributed by atoms with Crippen molar-refractivity contribution in [1.82, 2.24) is 14.7 Å². The summed E-state index contributed by atoms with van der Waals surface area (Å²) in [7, 11) is -3.65. The minimum Gasteiger partial charge on any atom is -0.480 e. The molecule has 0 aliphatic rings. The molecule has 0 saturated heterocycles. The third-order valence-electron chi connectivity index (χ3n) is 3.28. The van der Waals surface area contributed by atoms with Crippen molar-refractivity contribution < 1.29 is 23.1 Å². The van der Waals surface area contributed by atoms with Crippen LogP contribution in [0.3, 0.4) is 0 Å². The van der Waals surface area contributed by atoms with E-state index in [1.54, 1.807) is 32.0 Å². The molecule has 0 bridgehead atoms. The number of nitrogens with zero attached hydrogens (tertiary/aromatic N) is 2. The van der Waals surface area contributed by atoms with Gasteiger partial charge in [-0.05, 0) is 18.1 Å². The average Bonchev–Trinajstić information content (AvgIpc) is 2.83. The number of aromatic nitrogens is 2. The number of hydrogen-bond acceptors (Lipinski definition) is 5. The maximum atomic E-state index is 12.4. The third kappa shape index (κ3) is 3.34. The van der Waals surface area contributed by atoms with Crippen molar-refractivity contribution in [1.29, 1.82) is 0 Å². The van der Waals surface area contributed by atoms with Gasteiger partial charge in [0.2, 0.25) is 15.0 Å². The number of carboxylic acids is 1. The Morgan fingerprint density at radius 2 is 1.96 bits per heavy atom. The van der Waals surface area contributed by atoms with Crippen LogP contribution < -0.4 is 5.32 Å². The van der Waals surface area contributed by atoms with E-state index >= 15 is 0 Å². The molecule has 2 aromatic heterocycles. The summed E-state index contributed by atoms with van der Waals surface area (Å²) in [4.78, 5) is 27.5. The molecule has 8 nitrogen and oxygen atoms in total. The van der Waals surface area contributed by atoms with Crippen LogP contribution in [0.1, 0.15) is 24.3 Å². The Morgan fingerprint density at radius 1 is 1.30 bits per heavy atom. The summed E-state index contributed by atoms with van der Waals surface area (Å²) in [6, 6.07) is 3.70. The number of carbonyl (C=O) groups excluding carboxylic acids is 1. The summed E-state index contributed by atoms with van der Waals surface area (Å²) >= 11 is 0. The van der Waals surface area contributed by atoms with Gasteiger partial charge >= 0.3 is 5.97 Å². The van der Waals surface area contributed by atoms with Gasteiger partial charge in [0.05, 0.1) is 5.52 Å². The molecule has 0 spiro atoms. The second kappa shape index (κ2) is 5.99. The molecule has 2 aromatic rings. The fourth-order valence-corrected chi connectivity index (χ4v) is 2.94. The van der Waals surface area contributed by atoms with Crippen LogP contribution in [0.2, 0.25) is 0 Å². The highest BCUT2D eigenvalue weighted by Crippen LogP contribution is 2.17. The summed E-state index contributed by atoms with van der Waals surface area (Å²) in [6.07, 6.45) is 2.47. The van der Waals surface area contributed by atoms with Crippen LogP contribution >= 0.6 is 0 Å². The molecular formula is C14H17N3O5S. The molecule has 23 heavy (non-hydrogen) atoms. The van der Waals surface area contributed by atoms with E-state index < -0.39 is 27.8 Å². The second-order valence-corrected chi connectivity index (χ2v) is 7.41. The van der Waals surface area contributed by atoms with Crippen LogP contribution in [0.4, 0.5) is 0 Å². The number of rotatable bonds is 5. The standard InChI is InChI=1S/C14H17N3O5S/c1-8(2)10(13(19)20)15-12(18)11-9-6-4-5-7-17(9)14(16-11)23(3,21)22/h4-8,10H,1-3H3,(H,15,18)(H,19,20)/t10-/m0/s1. The third-order valence-corrected chi connectivity index (χ3v) is 4.23. The number of imidazole rings is 1. The first-order valence-corrected chi connectivity index (χ1v) is 8.73. The summed E-state index contributed by atoms with van der Waals surface area (Å²) < 4.78 is 24.9. The van der Waals surface area contributed by atoms with Crippen molar-refractivity contribution in [3.05, 3.63) is 30.1 Å². The van der Waals surface area contributed by atoms with Crippen LogP contribution in [0, 0.1) is 5.92 Å². The van der Waals surface area contributed by atoms with Gasteiger partial charge in [-0.15, -0.1) is 0 Å². The van der Waals surface area contributed by atoms with Crippen molar-refractivity contribution in [3.8, 4) is 0 Å². The van der Waals surface area contributed by atoms with Gasteiger partial charge in [-0.2, -0.15) is 0 Å². The van der Waals surface area contributed by atoms with E-state index in [0.717, 1.165) is 6.26 Å². The molecule has 0 saturated carbocycles. The summed E-state index contributed by atoms with van der Waals surface area (Å²) in [5, 5.41) is 11.3. The summed E-state index contributed by atoms with van der Waals surface area (Å²) in [5.74, 6) is -2.23. The lowest BCUT2D eigenvalue weighted by molar-refractivity contribution is -0.140. The number of amides is 1. The minimum atomic E-state index is -3.65. The lowest BCUT2D eigenvalue weighted by atomic mass is 10.0. The van der Waals surface area contributed by atoms with Gasteiger partial charge in [-0.3, -0.25) is 9.20 Å². The van der Waals surface area contributed by atoms with Gasteiger partial charge in [0.15, 0.2) is 5.69 Å². The zero-order valence-corrected chi connectivity index (χ0v) is 13.7. The fourth-order valence-electron chi connectivity index (χ4n) is 2.16. The first-order chi connectivity index (χ1) is 10.6. The lowest BCUT2D eigenvalue weighted by Gasteiger charge is -2.17. The van der Waals surface area contributed by atoms with E-state index in [4.69, 9.17) is 5.11 Å². The highest BCUT2D eigenvalue weighted by atomic mass is 32.2. The molecule has 1 amide bonds. The zero-order chi connectivity index (χ0) is 17.4. The molecule has 0 aromatic carbocycles. The second-order valence-electron chi connectivity index (χ2n) is 5.50. The highest BCUT2D eigenvalue weighted by molar-refractivity contribution is 7.90. The number of carboxylic acid groups (broad SMARTS) is 1. The van der Waals surface area contributed by atoms with Gasteiger partial charge in [0.25, 0.3) is 5.91 Å². The number of fused-ring (bicyclic) bond motifs is 1. The van der Waals surface area contributed by atoms with Crippen molar-refractivity contribution >= 4 is 27.2 Å². The highest BCUT2D eigenvalue weighted by Gasteiger charge is 2.28. The number of hydrogen-bond donors (Lipinski definition) is 2. The Kier molecular flexibility index (Phi) is 4.42. The molecule has 2 heterocycles. The molecule has 9 heteroatoms. The molecule has 0 aliphatic heterocycles. The maximum absolute atomic E-state index is 12.4. The van der Waals surface area contributed by atoms with E-state index in [1.807, 2.05) is 0 Å². The number of nitrogens with one attached hydrogen (secondary N) is 1. The van der Waals surface area contributed by atoms with Gasteiger partial charge < -0.3 is 10.4 Å². The van der Waals surface area contributed by atoms with Crippen molar-refractivity contribution in [2.75, 3.05) is 6.26 Å². The Bertz CT molecular complexity index is 870. The smallest absolute Gasteiger partial charge is 0.326 e. The number of aliphatic carboxylic acids is 1. The molecular weight excluding hydrogens is 322 g/mol. The Hall–Kier alpha value is -2.42. The Labute approximate surface area is 133 Å². The SMILES string of the molecule is CC(C)[C@H](NC(=O)c1nc(S(C)(=O)=O)n2ccccc12)C(=O)O. The largest absolute Gasteiger partial charge is 0.480 e. The van der Waals surface area contributed by atoms with Crippen LogP contribution in [0.15, 0.2) is 29.6 Å². The molecule has 2 N–H and O–H groups in total. The van der Waals surface area contributed by atoms with E-state index in [9.17, 15) is 18.0 Å². The molecule has 0 unspecified atom stereocenters. The molecule has 1 atom stereocenters. The first-order valence-electron chi connectivity index (χ1n) is 6.83. The van der Waals surface area contributed by atoms with E-state index in [0.29, 0.717) is 5.52 Å². The quantitative estimate of drug-likeness (QED) is 0.822. The van der Waals surface area contributed by atoms with Gasteiger partial charge in [0, 0.05) is 12.5 Å². The topological polar surface area (TPSA) is 118 Å². The molecule has 0 aliphatic carbocycles. The zero-order valence-electron chi connectivity index (χ0n) is 12.8. The maximum Gasteiger partial charge on any atom is 0.326 e. The van der Waals surface area contributed by atoms with Crippen molar-refractivity contribution in [2.45, 2.75) is 25.0 Å². The van der Waals surface area contributed by atoms with Gasteiger partial charge in [-0.1, -0.05) is 19.9 Å². The minimum absolute atomic E-state index is 0.127. The van der Waals surface area contributed by atoms with Gasteiger partial charge in [-0.25, -0.2) is 18.2 Å². The van der Waals surface area contributed by atoms with Crippen LogP contribution in [0.25, 0.3) is 5.52 Å². The number of sulfone groups is 1. The number of pyridine rings is 1. The summed E-state index contributed by atoms with van der Waals surface area (Å²) in [5.41, 5.74) is 0.163. The summed E-state index contributed by atoms with van der Waals surface area (Å²) in [6.45, 7) is 3.32. The number of carbonyl (C=O) groups is 2. The van der Waals surface area contributed by atoms with Crippen molar-refractivity contribution in [2.24, 2.45) is 5.92 Å². The monoisotopic (exact) mass is 339 g/mol. The van der Waals surface area contributed by atoms with E-state index in [2.05, 4.69) is 10.3 Å². The van der Waals surface area contributed by atoms with Crippen molar-refractivity contribution in [3.63, 3.8) is 0 Å². The molecule has 124 valence electrons. The fraction of sp³-hybridized carbons (Fsp3) is 0.357. The van der Waals surface area contributed by atoms with E-state index in [1.165, 1.54) is 10.6 Å². The predicted molar refractivity (Wildman–Crippen MR) is 82.0 cm³/mol. The Morgan fingerprint density at radius 3 is 2.48 bits per heavy atom. The molecule has 0 radical (unpaired) electrons. The van der Waals surface area contributed by atoms with Gasteiger partial charge in [0.1, 0.15) is 6.04 Å². The predicted octanol–water partition coefficient (Wildman–Crippen LogP) is 0.577. The van der Waals surface area contributed by atoms with Crippen LogP contribution in [0.5, 0.6) is 0 Å².